The number of aromatic hydroxyl groups is 1. The van der Waals surface area contributed by atoms with Crippen molar-refractivity contribution in [1.82, 2.24) is 5.32 Å². The second kappa shape index (κ2) is 19.9. The number of carbonyl (C=O) groups is 3. The van der Waals surface area contributed by atoms with Crippen LogP contribution in [-0.2, 0) is 25.5 Å². The van der Waals surface area contributed by atoms with Crippen molar-refractivity contribution < 1.29 is 24.2 Å². The number of nitrogens with one attached hydrogen (secondary N) is 1. The summed E-state index contributed by atoms with van der Waals surface area (Å²) in [5.74, 6) is -1.35. The van der Waals surface area contributed by atoms with Gasteiger partial charge in [0.25, 0.3) is 0 Å². The van der Waals surface area contributed by atoms with Crippen LogP contribution in [0, 0.1) is 0 Å². The molecule has 198 valence electrons. The molecule has 0 spiro atoms. The van der Waals surface area contributed by atoms with Crippen LogP contribution in [0.15, 0.2) is 24.3 Å². The number of esters is 2. The molecule has 35 heavy (non-hydrogen) atoms. The Bertz CT molecular complexity index is 716. The quantitative estimate of drug-likeness (QED) is 0.120. The molecule has 0 aliphatic rings. The second-order valence-corrected chi connectivity index (χ2v) is 9.53. The largest absolute Gasteiger partial charge is 0.508 e. The highest BCUT2D eigenvalue weighted by Crippen LogP contribution is 2.14. The van der Waals surface area contributed by atoms with Crippen molar-refractivity contribution in [2.75, 3.05) is 0 Å². The first kappa shape index (κ1) is 30.7. The number of phenols is 1. The number of rotatable bonds is 20. The van der Waals surface area contributed by atoms with Gasteiger partial charge in [-0.25, -0.2) is 4.79 Å². The highest BCUT2D eigenvalue weighted by atomic mass is 16.6. The lowest BCUT2D eigenvalue weighted by Gasteiger charge is -2.17. The lowest BCUT2D eigenvalue weighted by molar-refractivity contribution is -0.162. The first-order chi connectivity index (χ1) is 17.0. The normalized spacial score (nSPS) is 11.7. The summed E-state index contributed by atoms with van der Waals surface area (Å²) >= 11 is 0. The van der Waals surface area contributed by atoms with Gasteiger partial charge in [0.1, 0.15) is 11.8 Å². The zero-order chi connectivity index (χ0) is 25.7. The van der Waals surface area contributed by atoms with Crippen LogP contribution >= 0.6 is 0 Å². The van der Waals surface area contributed by atoms with Gasteiger partial charge in [-0.3, -0.25) is 9.59 Å². The van der Waals surface area contributed by atoms with E-state index in [2.05, 4.69) is 19.2 Å². The predicted molar refractivity (Wildman–Crippen MR) is 140 cm³/mol. The van der Waals surface area contributed by atoms with E-state index in [-0.39, 0.29) is 24.5 Å². The summed E-state index contributed by atoms with van der Waals surface area (Å²) in [6, 6.07) is 5.51. The number of carbonyl (C=O) groups excluding carboxylic acids is 3. The number of unbranched alkanes of at least 4 members (excludes halogenated alkanes) is 12. The van der Waals surface area contributed by atoms with Crippen molar-refractivity contribution in [2.45, 2.75) is 129 Å². The Morgan fingerprint density at radius 2 is 1.23 bits per heavy atom. The van der Waals surface area contributed by atoms with E-state index >= 15 is 0 Å². The van der Waals surface area contributed by atoms with Crippen LogP contribution in [0.2, 0.25) is 0 Å². The fourth-order valence-corrected chi connectivity index (χ4v) is 4.03. The fourth-order valence-electron chi connectivity index (χ4n) is 4.03. The number of ether oxygens (including phenoxy) is 1. The molecule has 1 amide bonds. The maximum absolute atomic E-state index is 12.7. The lowest BCUT2D eigenvalue weighted by atomic mass is 10.0. The van der Waals surface area contributed by atoms with Crippen molar-refractivity contribution in [2.24, 2.45) is 0 Å². The SMILES string of the molecule is CCCCCCCCCC(=O)N[C@@H](Cc1ccc(O)cc1)C(=O)OC(=O)CCCCCCCCC. The molecule has 1 aromatic rings. The summed E-state index contributed by atoms with van der Waals surface area (Å²) in [4.78, 5) is 37.4. The van der Waals surface area contributed by atoms with E-state index < -0.39 is 18.0 Å². The number of hydrogen-bond acceptors (Lipinski definition) is 5. The number of amides is 1. The van der Waals surface area contributed by atoms with Gasteiger partial charge < -0.3 is 15.2 Å². The molecule has 1 atom stereocenters. The van der Waals surface area contributed by atoms with Crippen molar-refractivity contribution in [3.63, 3.8) is 0 Å². The topological polar surface area (TPSA) is 92.7 Å². The Labute approximate surface area is 212 Å². The zero-order valence-corrected chi connectivity index (χ0v) is 22.0. The summed E-state index contributed by atoms with van der Waals surface area (Å²) in [5.41, 5.74) is 0.764. The third kappa shape index (κ3) is 16.0. The standard InChI is InChI=1S/C29H47NO5/c1-3-5-7-9-11-13-15-17-27(32)30-26(23-24-19-21-25(31)22-20-24)29(34)35-28(33)18-16-14-12-10-8-6-4-2/h19-22,26,31H,3-18,23H2,1-2H3,(H,30,32)/t26-/m0/s1. The smallest absolute Gasteiger partial charge is 0.336 e. The van der Waals surface area contributed by atoms with Crippen LogP contribution in [0.5, 0.6) is 5.75 Å². The summed E-state index contributed by atoms with van der Waals surface area (Å²) in [6.07, 6.45) is 16.1. The van der Waals surface area contributed by atoms with Gasteiger partial charge in [-0.15, -0.1) is 0 Å². The molecule has 6 nitrogen and oxygen atoms in total. The van der Waals surface area contributed by atoms with Gasteiger partial charge in [0.15, 0.2) is 0 Å². The molecule has 6 heteroatoms. The van der Waals surface area contributed by atoms with Gasteiger partial charge in [0.2, 0.25) is 5.91 Å². The average molecular weight is 490 g/mol. The second-order valence-electron chi connectivity index (χ2n) is 9.53. The molecule has 0 radical (unpaired) electrons. The minimum Gasteiger partial charge on any atom is -0.508 e. The van der Waals surface area contributed by atoms with Crippen LogP contribution < -0.4 is 5.32 Å². The summed E-state index contributed by atoms with van der Waals surface area (Å²) < 4.78 is 5.09. The molecule has 0 heterocycles. The van der Waals surface area contributed by atoms with Gasteiger partial charge in [-0.2, -0.15) is 0 Å². The van der Waals surface area contributed by atoms with Gasteiger partial charge in [-0.05, 0) is 30.5 Å². The van der Waals surface area contributed by atoms with Crippen molar-refractivity contribution >= 4 is 17.8 Å². The molecule has 0 bridgehead atoms. The monoisotopic (exact) mass is 489 g/mol. The number of hydrogen-bond donors (Lipinski definition) is 2. The fraction of sp³-hybridized carbons (Fsp3) is 0.690. The minimum absolute atomic E-state index is 0.126. The van der Waals surface area contributed by atoms with E-state index in [4.69, 9.17) is 4.74 Å². The van der Waals surface area contributed by atoms with Gasteiger partial charge >= 0.3 is 11.9 Å². The maximum atomic E-state index is 12.7. The Hall–Kier alpha value is -2.37. The first-order valence-corrected chi connectivity index (χ1v) is 13.8. The van der Waals surface area contributed by atoms with E-state index in [9.17, 15) is 19.5 Å². The molecule has 0 aliphatic carbocycles. The maximum Gasteiger partial charge on any atom is 0.336 e. The van der Waals surface area contributed by atoms with E-state index in [1.165, 1.54) is 63.5 Å². The Balaban J connectivity index is 2.49. The molecule has 0 aromatic heterocycles. The van der Waals surface area contributed by atoms with Crippen LogP contribution in [-0.4, -0.2) is 29.0 Å². The Morgan fingerprint density at radius 1 is 0.743 bits per heavy atom. The average Bonchev–Trinajstić information content (AvgIpc) is 2.83. The molecule has 0 saturated heterocycles. The lowest BCUT2D eigenvalue weighted by Crippen LogP contribution is -2.44. The zero-order valence-electron chi connectivity index (χ0n) is 22.0. The van der Waals surface area contributed by atoms with Crippen LogP contribution in [0.25, 0.3) is 0 Å². The predicted octanol–water partition coefficient (Wildman–Crippen LogP) is 6.77. The highest BCUT2D eigenvalue weighted by molar-refractivity contribution is 5.91. The molecule has 0 fully saturated rings. The van der Waals surface area contributed by atoms with Crippen molar-refractivity contribution in [3.8, 4) is 5.75 Å². The third-order valence-electron chi connectivity index (χ3n) is 6.20. The van der Waals surface area contributed by atoms with E-state index in [1.54, 1.807) is 12.1 Å². The summed E-state index contributed by atoms with van der Waals surface area (Å²) in [6.45, 7) is 4.37. The molecule has 0 saturated carbocycles. The number of benzene rings is 1. The molecule has 0 unspecified atom stereocenters. The van der Waals surface area contributed by atoms with E-state index in [1.807, 2.05) is 0 Å². The van der Waals surface area contributed by atoms with Crippen molar-refractivity contribution in [1.29, 1.82) is 0 Å². The molecule has 2 N–H and O–H groups in total. The van der Waals surface area contributed by atoms with Crippen LogP contribution in [0.3, 0.4) is 0 Å². The molecular weight excluding hydrogens is 442 g/mol. The Kier molecular flexibility index (Phi) is 17.4. The minimum atomic E-state index is -0.936. The molecule has 1 aromatic carbocycles. The molecule has 1 rings (SSSR count). The summed E-state index contributed by atoms with van der Waals surface area (Å²) in [5, 5.41) is 12.3. The van der Waals surface area contributed by atoms with Crippen molar-refractivity contribution in [3.05, 3.63) is 29.8 Å². The van der Waals surface area contributed by atoms with E-state index in [0.29, 0.717) is 12.8 Å². The summed E-state index contributed by atoms with van der Waals surface area (Å²) in [7, 11) is 0. The van der Waals surface area contributed by atoms with E-state index in [0.717, 1.165) is 37.7 Å². The highest BCUT2D eigenvalue weighted by Gasteiger charge is 2.25. The van der Waals surface area contributed by atoms with Gasteiger partial charge in [-0.1, -0.05) is 103 Å². The third-order valence-corrected chi connectivity index (χ3v) is 6.20. The van der Waals surface area contributed by atoms with Gasteiger partial charge in [0, 0.05) is 19.3 Å². The molecule has 0 aliphatic heterocycles. The first-order valence-electron chi connectivity index (χ1n) is 13.8. The van der Waals surface area contributed by atoms with Crippen LogP contribution in [0.4, 0.5) is 0 Å². The van der Waals surface area contributed by atoms with Gasteiger partial charge in [0.05, 0.1) is 0 Å². The molecular formula is C29H47NO5. The van der Waals surface area contributed by atoms with Crippen LogP contribution in [0.1, 0.15) is 122 Å². The number of phenolic OH excluding ortho intramolecular Hbond substituents is 1. The Morgan fingerprint density at radius 3 is 1.77 bits per heavy atom.